The van der Waals surface area contributed by atoms with Crippen LogP contribution in [0, 0.1) is 30.0 Å². The van der Waals surface area contributed by atoms with Crippen LogP contribution < -0.4 is 20.7 Å². The fraction of sp³-hybridized carbons (Fsp3) is 0.316. The maximum Gasteiger partial charge on any atom is 0.265 e. The van der Waals surface area contributed by atoms with Gasteiger partial charge in [0.2, 0.25) is 11.8 Å². The number of carbonyl (C=O) groups is 3. The van der Waals surface area contributed by atoms with E-state index in [-0.39, 0.29) is 36.2 Å². The van der Waals surface area contributed by atoms with Crippen LogP contribution >= 0.6 is 0 Å². The Morgan fingerprint density at radius 3 is 2.70 bits per heavy atom. The molecule has 0 spiro atoms. The first-order chi connectivity index (χ1) is 12.9. The third-order valence-corrected chi connectivity index (χ3v) is 4.63. The van der Waals surface area contributed by atoms with E-state index in [1.807, 2.05) is 0 Å². The number of benzene rings is 1. The van der Waals surface area contributed by atoms with E-state index in [2.05, 4.69) is 11.2 Å². The maximum atomic E-state index is 14.4. The van der Waals surface area contributed by atoms with Crippen molar-refractivity contribution in [2.75, 3.05) is 23.4 Å². The van der Waals surface area contributed by atoms with E-state index in [9.17, 15) is 18.8 Å². The van der Waals surface area contributed by atoms with Crippen LogP contribution in [-0.2, 0) is 14.4 Å². The van der Waals surface area contributed by atoms with Gasteiger partial charge in [-0.05, 0) is 18.9 Å². The second kappa shape index (κ2) is 7.50. The Labute approximate surface area is 155 Å². The van der Waals surface area contributed by atoms with Crippen molar-refractivity contribution in [3.63, 3.8) is 0 Å². The first-order valence-electron chi connectivity index (χ1n) is 8.37. The highest BCUT2D eigenvalue weighted by Crippen LogP contribution is 2.37. The number of nitrogens with two attached hydrogens (primary N) is 1. The van der Waals surface area contributed by atoms with Gasteiger partial charge in [0.1, 0.15) is 5.75 Å². The summed E-state index contributed by atoms with van der Waals surface area (Å²) in [4.78, 5) is 37.5. The molecule has 0 saturated carbocycles. The molecule has 27 heavy (non-hydrogen) atoms. The molecule has 2 atom stereocenters. The number of hydrogen-bond donors (Lipinski definition) is 2. The van der Waals surface area contributed by atoms with Crippen LogP contribution in [0.2, 0.25) is 0 Å². The fourth-order valence-electron chi connectivity index (χ4n) is 3.23. The Hall–Kier alpha value is -3.34. The lowest BCUT2D eigenvalue weighted by Gasteiger charge is -2.29. The van der Waals surface area contributed by atoms with Crippen LogP contribution in [0.25, 0.3) is 0 Å². The van der Waals surface area contributed by atoms with E-state index < -0.39 is 29.5 Å². The molecule has 1 aliphatic carbocycles. The molecule has 140 valence electrons. The highest BCUT2D eigenvalue weighted by Gasteiger charge is 2.34. The molecule has 0 saturated heterocycles. The van der Waals surface area contributed by atoms with E-state index in [4.69, 9.17) is 16.9 Å². The van der Waals surface area contributed by atoms with Gasteiger partial charge >= 0.3 is 0 Å². The Kier molecular flexibility index (Phi) is 5.12. The van der Waals surface area contributed by atoms with Crippen molar-refractivity contribution in [2.24, 2.45) is 17.6 Å². The molecule has 0 bridgehead atoms. The second-order valence-corrected chi connectivity index (χ2v) is 6.32. The standard InChI is InChI=1S/C19H18FN3O4/c1-2-7-23-15-9-14(13(20)8-16(15)27-10-17(23)24)22-19(26)12-6-4-3-5-11(12)18(21)25/h1,3-4,8-9,11-12H,5-7,10H2,(H2,21,25)(H,22,26). The van der Waals surface area contributed by atoms with Crippen LogP contribution in [0.15, 0.2) is 24.3 Å². The number of rotatable bonds is 4. The minimum absolute atomic E-state index is 0.00855. The summed E-state index contributed by atoms with van der Waals surface area (Å²) in [6.07, 6.45) is 9.56. The first-order valence-corrected chi connectivity index (χ1v) is 8.37. The number of terminal acetylenes is 1. The van der Waals surface area contributed by atoms with E-state index in [0.717, 1.165) is 6.07 Å². The molecule has 0 aromatic heterocycles. The molecule has 1 aromatic carbocycles. The van der Waals surface area contributed by atoms with Gasteiger partial charge in [0.25, 0.3) is 5.91 Å². The smallest absolute Gasteiger partial charge is 0.265 e. The van der Waals surface area contributed by atoms with E-state index in [1.54, 1.807) is 12.2 Å². The molecule has 0 fully saturated rings. The lowest BCUT2D eigenvalue weighted by molar-refractivity contribution is -0.130. The number of amides is 3. The molecule has 7 nitrogen and oxygen atoms in total. The number of carbonyl (C=O) groups excluding carboxylic acids is 3. The van der Waals surface area contributed by atoms with Crippen molar-refractivity contribution < 1.29 is 23.5 Å². The number of anilines is 2. The maximum absolute atomic E-state index is 14.4. The van der Waals surface area contributed by atoms with Crippen LogP contribution in [-0.4, -0.2) is 30.9 Å². The molecule has 2 unspecified atom stereocenters. The van der Waals surface area contributed by atoms with Crippen LogP contribution in [0.4, 0.5) is 15.8 Å². The number of halogens is 1. The molecule has 0 radical (unpaired) electrons. The fourth-order valence-corrected chi connectivity index (χ4v) is 3.23. The van der Waals surface area contributed by atoms with Crippen molar-refractivity contribution in [3.8, 4) is 18.1 Å². The summed E-state index contributed by atoms with van der Waals surface area (Å²) in [7, 11) is 0. The SMILES string of the molecule is C#CCN1C(=O)COc2cc(F)c(NC(=O)C3CC=CCC3C(N)=O)cc21. The predicted molar refractivity (Wildman–Crippen MR) is 96.3 cm³/mol. The number of hydrogen-bond acceptors (Lipinski definition) is 4. The monoisotopic (exact) mass is 371 g/mol. The van der Waals surface area contributed by atoms with Crippen molar-refractivity contribution in [1.29, 1.82) is 0 Å². The molecule has 3 amide bonds. The summed E-state index contributed by atoms with van der Waals surface area (Å²) >= 11 is 0. The number of ether oxygens (including phenoxy) is 1. The number of nitrogens with one attached hydrogen (secondary N) is 1. The topological polar surface area (TPSA) is 102 Å². The minimum atomic E-state index is -0.723. The second-order valence-electron chi connectivity index (χ2n) is 6.32. The summed E-state index contributed by atoms with van der Waals surface area (Å²) in [6, 6.07) is 2.39. The first kappa shape index (κ1) is 18.5. The number of primary amides is 1. The number of nitrogens with zero attached hydrogens (tertiary/aromatic N) is 1. The van der Waals surface area contributed by atoms with Crippen molar-refractivity contribution in [2.45, 2.75) is 12.8 Å². The van der Waals surface area contributed by atoms with Gasteiger partial charge in [0.05, 0.1) is 29.8 Å². The van der Waals surface area contributed by atoms with E-state index >= 15 is 0 Å². The molecule has 2 aliphatic rings. The summed E-state index contributed by atoms with van der Waals surface area (Å²) in [5.74, 6) is -1.01. The van der Waals surface area contributed by atoms with Gasteiger partial charge < -0.3 is 15.8 Å². The molecule has 1 aromatic rings. The summed E-state index contributed by atoms with van der Waals surface area (Å²) in [5.41, 5.74) is 5.52. The van der Waals surface area contributed by atoms with Gasteiger partial charge in [-0.25, -0.2) is 4.39 Å². The van der Waals surface area contributed by atoms with Gasteiger partial charge in [-0.2, -0.15) is 0 Å². The van der Waals surface area contributed by atoms with Gasteiger partial charge in [-0.15, -0.1) is 6.42 Å². The summed E-state index contributed by atoms with van der Waals surface area (Å²) in [6.45, 7) is -0.250. The number of fused-ring (bicyclic) bond motifs is 1. The quantitative estimate of drug-likeness (QED) is 0.613. The minimum Gasteiger partial charge on any atom is -0.481 e. The highest BCUT2D eigenvalue weighted by molar-refractivity contribution is 6.01. The average molecular weight is 371 g/mol. The highest BCUT2D eigenvalue weighted by atomic mass is 19.1. The van der Waals surface area contributed by atoms with Crippen LogP contribution in [0.3, 0.4) is 0 Å². The molecule has 1 aliphatic heterocycles. The largest absolute Gasteiger partial charge is 0.481 e. The Morgan fingerprint density at radius 2 is 2.04 bits per heavy atom. The third kappa shape index (κ3) is 3.62. The number of allylic oxidation sites excluding steroid dienone is 2. The van der Waals surface area contributed by atoms with Crippen LogP contribution in [0.1, 0.15) is 12.8 Å². The van der Waals surface area contributed by atoms with Crippen molar-refractivity contribution in [1.82, 2.24) is 0 Å². The Balaban J connectivity index is 1.88. The lowest BCUT2D eigenvalue weighted by Crippen LogP contribution is -2.39. The van der Waals surface area contributed by atoms with E-state index in [1.165, 1.54) is 11.0 Å². The van der Waals surface area contributed by atoms with Crippen LogP contribution in [0.5, 0.6) is 5.75 Å². The van der Waals surface area contributed by atoms with Crippen molar-refractivity contribution in [3.05, 3.63) is 30.1 Å². The zero-order chi connectivity index (χ0) is 19.6. The third-order valence-electron chi connectivity index (χ3n) is 4.63. The predicted octanol–water partition coefficient (Wildman–Crippen LogP) is 1.19. The Morgan fingerprint density at radius 1 is 1.33 bits per heavy atom. The van der Waals surface area contributed by atoms with Gasteiger partial charge in [0.15, 0.2) is 12.4 Å². The molecule has 8 heteroatoms. The zero-order valence-electron chi connectivity index (χ0n) is 14.4. The van der Waals surface area contributed by atoms with Gasteiger partial charge in [-0.1, -0.05) is 18.1 Å². The zero-order valence-corrected chi connectivity index (χ0v) is 14.4. The normalized spacial score (nSPS) is 21.0. The molecule has 3 N–H and O–H groups in total. The van der Waals surface area contributed by atoms with Gasteiger partial charge in [-0.3, -0.25) is 19.3 Å². The molecular weight excluding hydrogens is 353 g/mol. The van der Waals surface area contributed by atoms with Gasteiger partial charge in [0, 0.05) is 6.07 Å². The average Bonchev–Trinajstić information content (AvgIpc) is 2.65. The molecule has 3 rings (SSSR count). The summed E-state index contributed by atoms with van der Waals surface area (Å²) in [5, 5.41) is 2.49. The van der Waals surface area contributed by atoms with E-state index in [0.29, 0.717) is 12.8 Å². The molecule has 1 heterocycles. The summed E-state index contributed by atoms with van der Waals surface area (Å²) < 4.78 is 19.7. The van der Waals surface area contributed by atoms with Crippen molar-refractivity contribution >= 4 is 29.1 Å². The Bertz CT molecular complexity index is 874. The molecular formula is C19H18FN3O4. The lowest BCUT2D eigenvalue weighted by atomic mass is 9.82.